The number of fused-ring (bicyclic) bond motifs is 1. The zero-order chi connectivity index (χ0) is 19.1. The Kier molecular flexibility index (Phi) is 4.66. The van der Waals surface area contributed by atoms with Crippen molar-refractivity contribution in [3.05, 3.63) is 53.1 Å². The third kappa shape index (κ3) is 3.39. The molecule has 26 heavy (non-hydrogen) atoms. The molecule has 0 bridgehead atoms. The lowest BCUT2D eigenvalue weighted by Crippen LogP contribution is -2.34. The lowest BCUT2D eigenvalue weighted by atomic mass is 10.1. The fraction of sp³-hybridized carbons (Fsp3) is 0.316. The molecule has 0 aliphatic carbocycles. The number of hydrogen-bond acceptors (Lipinski definition) is 4. The van der Waals surface area contributed by atoms with E-state index in [9.17, 15) is 13.2 Å². The first-order valence-corrected chi connectivity index (χ1v) is 10.1. The summed E-state index contributed by atoms with van der Waals surface area (Å²) in [5, 5.41) is 2.87. The van der Waals surface area contributed by atoms with E-state index in [0.29, 0.717) is 29.1 Å². The molecule has 0 saturated carbocycles. The first-order chi connectivity index (χ1) is 12.2. The van der Waals surface area contributed by atoms with Gasteiger partial charge in [0.2, 0.25) is 10.0 Å². The molecule has 6 nitrogen and oxygen atoms in total. The molecule has 0 fully saturated rings. The molecule has 3 rings (SSSR count). The van der Waals surface area contributed by atoms with Crippen LogP contribution in [0.3, 0.4) is 0 Å². The number of carbonyl (C=O) groups excluding carboxylic acids is 1. The molecule has 1 amide bonds. The molecule has 1 heterocycles. The topological polar surface area (TPSA) is 75.7 Å². The number of ether oxygens (including phenoxy) is 1. The van der Waals surface area contributed by atoms with Crippen LogP contribution in [0.5, 0.6) is 5.75 Å². The monoisotopic (exact) mass is 374 g/mol. The summed E-state index contributed by atoms with van der Waals surface area (Å²) in [4.78, 5) is 12.7. The van der Waals surface area contributed by atoms with Gasteiger partial charge in [0.1, 0.15) is 5.75 Å². The second kappa shape index (κ2) is 6.64. The standard InChI is InChI=1S/C19H22N2O4S/c1-12-5-8-18(25-3)16(9-12)20-19(22)14-6-7-17-15(11-14)10-13(2)21(17)26(4,23)24/h5-9,11,13H,10H2,1-4H3,(H,20,22)/t13-/m0/s1. The van der Waals surface area contributed by atoms with Crippen LogP contribution in [0.2, 0.25) is 0 Å². The Morgan fingerprint density at radius 1 is 1.23 bits per heavy atom. The molecule has 0 saturated heterocycles. The lowest BCUT2D eigenvalue weighted by molar-refractivity contribution is 0.102. The molecule has 1 aliphatic rings. The van der Waals surface area contributed by atoms with Crippen molar-refractivity contribution >= 4 is 27.3 Å². The van der Waals surface area contributed by atoms with Crippen molar-refractivity contribution in [2.45, 2.75) is 26.3 Å². The van der Waals surface area contributed by atoms with Crippen molar-refractivity contribution in [1.29, 1.82) is 0 Å². The Bertz CT molecular complexity index is 969. The number of benzene rings is 2. The summed E-state index contributed by atoms with van der Waals surface area (Å²) >= 11 is 0. The predicted molar refractivity (Wildman–Crippen MR) is 103 cm³/mol. The van der Waals surface area contributed by atoms with Crippen LogP contribution in [-0.4, -0.2) is 33.7 Å². The van der Waals surface area contributed by atoms with Crippen LogP contribution in [-0.2, 0) is 16.4 Å². The number of nitrogens with zero attached hydrogens (tertiary/aromatic N) is 1. The Morgan fingerprint density at radius 3 is 2.62 bits per heavy atom. The highest BCUT2D eigenvalue weighted by molar-refractivity contribution is 7.92. The van der Waals surface area contributed by atoms with Gasteiger partial charge in [-0.2, -0.15) is 0 Å². The van der Waals surface area contributed by atoms with Gasteiger partial charge in [-0.1, -0.05) is 6.07 Å². The highest BCUT2D eigenvalue weighted by Gasteiger charge is 2.32. The van der Waals surface area contributed by atoms with Crippen molar-refractivity contribution < 1.29 is 17.9 Å². The van der Waals surface area contributed by atoms with Crippen LogP contribution in [0.1, 0.15) is 28.4 Å². The van der Waals surface area contributed by atoms with Crippen molar-refractivity contribution in [3.8, 4) is 5.75 Å². The molecule has 138 valence electrons. The molecule has 2 aromatic rings. The summed E-state index contributed by atoms with van der Waals surface area (Å²) in [7, 11) is -1.79. The Morgan fingerprint density at radius 2 is 1.96 bits per heavy atom. The normalized spacial score (nSPS) is 16.3. The second-order valence-corrected chi connectivity index (χ2v) is 8.47. The highest BCUT2D eigenvalue weighted by atomic mass is 32.2. The van der Waals surface area contributed by atoms with Crippen LogP contribution in [0.15, 0.2) is 36.4 Å². The third-order valence-electron chi connectivity index (χ3n) is 4.46. The first-order valence-electron chi connectivity index (χ1n) is 8.29. The van der Waals surface area contributed by atoms with Gasteiger partial charge in [0, 0.05) is 11.6 Å². The summed E-state index contributed by atoms with van der Waals surface area (Å²) < 4.78 is 30.7. The Hall–Kier alpha value is -2.54. The van der Waals surface area contributed by atoms with Gasteiger partial charge in [0.25, 0.3) is 5.91 Å². The lowest BCUT2D eigenvalue weighted by Gasteiger charge is -2.21. The van der Waals surface area contributed by atoms with Gasteiger partial charge in [-0.15, -0.1) is 0 Å². The van der Waals surface area contributed by atoms with Crippen molar-refractivity contribution in [1.82, 2.24) is 0 Å². The SMILES string of the molecule is COc1ccc(C)cc1NC(=O)c1ccc2c(c1)C[C@H](C)N2S(C)(=O)=O. The minimum atomic E-state index is -3.34. The second-order valence-electron chi connectivity index (χ2n) is 6.61. The summed E-state index contributed by atoms with van der Waals surface area (Å²) in [6, 6.07) is 10.5. The van der Waals surface area contributed by atoms with Crippen LogP contribution >= 0.6 is 0 Å². The molecule has 1 N–H and O–H groups in total. The van der Waals surface area contributed by atoms with Gasteiger partial charge in [-0.05, 0) is 61.7 Å². The predicted octanol–water partition coefficient (Wildman–Crippen LogP) is 2.97. The van der Waals surface area contributed by atoms with Crippen LogP contribution < -0.4 is 14.4 Å². The number of rotatable bonds is 4. The van der Waals surface area contributed by atoms with E-state index in [1.54, 1.807) is 31.4 Å². The van der Waals surface area contributed by atoms with Crippen molar-refractivity contribution in [2.24, 2.45) is 0 Å². The zero-order valence-electron chi connectivity index (χ0n) is 15.2. The minimum Gasteiger partial charge on any atom is -0.495 e. The number of amides is 1. The number of sulfonamides is 1. The van der Waals surface area contributed by atoms with Crippen LogP contribution in [0.25, 0.3) is 0 Å². The highest BCUT2D eigenvalue weighted by Crippen LogP contribution is 2.35. The molecule has 0 spiro atoms. The van der Waals surface area contributed by atoms with Gasteiger partial charge in [0.15, 0.2) is 0 Å². The largest absolute Gasteiger partial charge is 0.495 e. The van der Waals surface area contributed by atoms with Gasteiger partial charge >= 0.3 is 0 Å². The summed E-state index contributed by atoms with van der Waals surface area (Å²) in [5.41, 5.74) is 3.59. The fourth-order valence-electron chi connectivity index (χ4n) is 3.36. The molecule has 7 heteroatoms. The van der Waals surface area contributed by atoms with E-state index < -0.39 is 10.0 Å². The van der Waals surface area contributed by atoms with Crippen molar-refractivity contribution in [3.63, 3.8) is 0 Å². The summed E-state index contributed by atoms with van der Waals surface area (Å²) in [6.07, 6.45) is 1.78. The number of nitrogens with one attached hydrogen (secondary N) is 1. The molecule has 0 unspecified atom stereocenters. The van der Waals surface area contributed by atoms with E-state index in [4.69, 9.17) is 4.74 Å². The van der Waals surface area contributed by atoms with E-state index in [0.717, 1.165) is 11.1 Å². The van der Waals surface area contributed by atoms with E-state index in [2.05, 4.69) is 5.32 Å². The average Bonchev–Trinajstić information content (AvgIpc) is 2.89. The van der Waals surface area contributed by atoms with Gasteiger partial charge in [-0.3, -0.25) is 9.10 Å². The Balaban J connectivity index is 1.90. The van der Waals surface area contributed by atoms with Crippen LogP contribution in [0, 0.1) is 6.92 Å². The van der Waals surface area contributed by atoms with Gasteiger partial charge < -0.3 is 10.1 Å². The quantitative estimate of drug-likeness (QED) is 0.893. The number of methoxy groups -OCH3 is 1. The number of anilines is 2. The number of hydrogen-bond donors (Lipinski definition) is 1. The molecule has 1 atom stereocenters. The fourth-order valence-corrected chi connectivity index (χ4v) is 4.63. The summed E-state index contributed by atoms with van der Waals surface area (Å²) in [5.74, 6) is 0.323. The van der Waals surface area contributed by atoms with Crippen LogP contribution in [0.4, 0.5) is 11.4 Å². The van der Waals surface area contributed by atoms with Gasteiger partial charge in [-0.25, -0.2) is 8.42 Å². The number of aryl methyl sites for hydroxylation is 1. The number of carbonyl (C=O) groups is 1. The maximum Gasteiger partial charge on any atom is 0.255 e. The molecule has 0 aromatic heterocycles. The third-order valence-corrected chi connectivity index (χ3v) is 5.73. The summed E-state index contributed by atoms with van der Waals surface area (Å²) in [6.45, 7) is 3.80. The maximum absolute atomic E-state index is 12.7. The first kappa shape index (κ1) is 18.3. The van der Waals surface area contributed by atoms with E-state index >= 15 is 0 Å². The smallest absolute Gasteiger partial charge is 0.255 e. The zero-order valence-corrected chi connectivity index (χ0v) is 16.1. The van der Waals surface area contributed by atoms with E-state index in [1.165, 1.54) is 10.6 Å². The Labute approximate surface area is 153 Å². The molecule has 2 aromatic carbocycles. The molecular weight excluding hydrogens is 352 g/mol. The molecular formula is C19H22N2O4S. The van der Waals surface area contributed by atoms with E-state index in [1.807, 2.05) is 26.0 Å². The molecule has 0 radical (unpaired) electrons. The average molecular weight is 374 g/mol. The van der Waals surface area contributed by atoms with E-state index in [-0.39, 0.29) is 11.9 Å². The van der Waals surface area contributed by atoms with Crippen molar-refractivity contribution in [2.75, 3.05) is 23.0 Å². The van der Waals surface area contributed by atoms with Gasteiger partial charge in [0.05, 0.1) is 24.7 Å². The molecule has 1 aliphatic heterocycles. The maximum atomic E-state index is 12.7. The minimum absolute atomic E-state index is 0.157.